The number of carbonyl (C=O) groups is 1. The second-order valence-corrected chi connectivity index (χ2v) is 6.49. The van der Waals surface area contributed by atoms with E-state index in [4.69, 9.17) is 0 Å². The maximum Gasteiger partial charge on any atom is 0.231 e. The molecule has 0 aromatic heterocycles. The summed E-state index contributed by atoms with van der Waals surface area (Å²) >= 11 is 0. The van der Waals surface area contributed by atoms with E-state index < -0.39 is 0 Å². The Balaban J connectivity index is 1.56. The molecule has 1 saturated heterocycles. The number of anilines is 2. The van der Waals surface area contributed by atoms with Crippen molar-refractivity contribution in [3.05, 3.63) is 59.7 Å². The predicted molar refractivity (Wildman–Crippen MR) is 94.0 cm³/mol. The van der Waals surface area contributed by atoms with Crippen LogP contribution in [0.3, 0.4) is 0 Å². The number of nitrogens with one attached hydrogen (secondary N) is 1. The first kappa shape index (κ1) is 14.3. The summed E-state index contributed by atoms with van der Waals surface area (Å²) < 4.78 is 0. The van der Waals surface area contributed by atoms with Gasteiger partial charge in [0, 0.05) is 13.1 Å². The number of para-hydroxylation sites is 2. The third-order valence-electron chi connectivity index (χ3n) is 5.06. The lowest BCUT2D eigenvalue weighted by Gasteiger charge is -2.22. The van der Waals surface area contributed by atoms with Crippen molar-refractivity contribution >= 4 is 17.3 Å². The average Bonchev–Trinajstić information content (AvgIpc) is 3.25. The number of rotatable bonds is 3. The van der Waals surface area contributed by atoms with Gasteiger partial charge in [-0.3, -0.25) is 4.79 Å². The van der Waals surface area contributed by atoms with E-state index in [1.165, 1.54) is 24.0 Å². The molecule has 0 unspecified atom stereocenters. The largest absolute Gasteiger partial charge is 0.370 e. The summed E-state index contributed by atoms with van der Waals surface area (Å²) in [4.78, 5) is 15.2. The smallest absolute Gasteiger partial charge is 0.231 e. The number of aryl methyl sites for hydroxylation is 1. The Labute approximate surface area is 137 Å². The van der Waals surface area contributed by atoms with Crippen LogP contribution in [0.2, 0.25) is 0 Å². The van der Waals surface area contributed by atoms with Crippen LogP contribution in [0.25, 0.3) is 0 Å². The monoisotopic (exact) mass is 306 g/mol. The Morgan fingerprint density at radius 2 is 1.74 bits per heavy atom. The van der Waals surface area contributed by atoms with Crippen LogP contribution in [0.15, 0.2) is 48.5 Å². The normalized spacial score (nSPS) is 19.7. The molecule has 2 aliphatic rings. The van der Waals surface area contributed by atoms with E-state index in [1.54, 1.807) is 0 Å². The topological polar surface area (TPSA) is 32.3 Å². The highest BCUT2D eigenvalue weighted by atomic mass is 16.1. The Hall–Kier alpha value is -2.29. The Kier molecular flexibility index (Phi) is 3.78. The zero-order chi connectivity index (χ0) is 15.6. The van der Waals surface area contributed by atoms with E-state index in [2.05, 4.69) is 34.5 Å². The van der Waals surface area contributed by atoms with Gasteiger partial charge in [-0.05, 0) is 48.9 Å². The van der Waals surface area contributed by atoms with Gasteiger partial charge in [-0.1, -0.05) is 36.4 Å². The van der Waals surface area contributed by atoms with Crippen LogP contribution in [0, 0.1) is 0 Å². The van der Waals surface area contributed by atoms with Gasteiger partial charge in [0.15, 0.2) is 0 Å². The van der Waals surface area contributed by atoms with E-state index in [-0.39, 0.29) is 11.8 Å². The van der Waals surface area contributed by atoms with Gasteiger partial charge in [0.2, 0.25) is 5.91 Å². The lowest BCUT2D eigenvalue weighted by molar-refractivity contribution is -0.117. The van der Waals surface area contributed by atoms with Gasteiger partial charge in [-0.25, -0.2) is 0 Å². The second-order valence-electron chi connectivity index (χ2n) is 6.49. The number of carbonyl (C=O) groups excluding carboxylic acids is 1. The van der Waals surface area contributed by atoms with E-state index in [0.717, 1.165) is 37.3 Å². The molecule has 118 valence electrons. The quantitative estimate of drug-likeness (QED) is 0.931. The van der Waals surface area contributed by atoms with Crippen LogP contribution >= 0.6 is 0 Å². The number of benzene rings is 2. The standard InChI is InChI=1S/C20H22N2O/c23-20(17-12-11-15-7-1-2-8-16(15)17)21-18-9-3-4-10-19(18)22-13-5-6-14-22/h1-4,7-10,17H,5-6,11-14H2,(H,21,23)/t17-/m1/s1. The fraction of sp³-hybridized carbons (Fsp3) is 0.350. The first-order valence-corrected chi connectivity index (χ1v) is 8.55. The fourth-order valence-corrected chi connectivity index (χ4v) is 3.86. The molecule has 0 bridgehead atoms. The summed E-state index contributed by atoms with van der Waals surface area (Å²) in [5.74, 6) is 0.111. The van der Waals surface area contributed by atoms with Crippen molar-refractivity contribution in [2.75, 3.05) is 23.3 Å². The molecule has 3 heteroatoms. The van der Waals surface area contributed by atoms with Gasteiger partial charge in [0.05, 0.1) is 17.3 Å². The van der Waals surface area contributed by atoms with Crippen molar-refractivity contribution < 1.29 is 4.79 Å². The van der Waals surface area contributed by atoms with Crippen molar-refractivity contribution in [1.29, 1.82) is 0 Å². The van der Waals surface area contributed by atoms with Crippen LogP contribution in [0.4, 0.5) is 11.4 Å². The average molecular weight is 306 g/mol. The Morgan fingerprint density at radius 3 is 2.61 bits per heavy atom. The highest BCUT2D eigenvalue weighted by molar-refractivity contribution is 5.99. The van der Waals surface area contributed by atoms with Crippen molar-refractivity contribution in [2.45, 2.75) is 31.6 Å². The van der Waals surface area contributed by atoms with Crippen LogP contribution in [-0.4, -0.2) is 19.0 Å². The molecule has 1 atom stereocenters. The molecule has 1 amide bonds. The summed E-state index contributed by atoms with van der Waals surface area (Å²) in [5.41, 5.74) is 4.62. The molecular formula is C20H22N2O. The summed E-state index contributed by atoms with van der Waals surface area (Å²) in [6.07, 6.45) is 4.38. The molecule has 2 aromatic carbocycles. The van der Waals surface area contributed by atoms with Crippen LogP contribution < -0.4 is 10.2 Å². The zero-order valence-electron chi connectivity index (χ0n) is 13.3. The first-order valence-electron chi connectivity index (χ1n) is 8.55. The van der Waals surface area contributed by atoms with Crippen LogP contribution in [0.1, 0.15) is 36.3 Å². The third kappa shape index (κ3) is 2.72. The summed E-state index contributed by atoms with van der Waals surface area (Å²) in [6.45, 7) is 2.16. The van der Waals surface area contributed by atoms with E-state index >= 15 is 0 Å². The summed E-state index contributed by atoms with van der Waals surface area (Å²) in [6, 6.07) is 16.5. The molecule has 0 spiro atoms. The molecule has 2 aromatic rings. The molecule has 4 rings (SSSR count). The summed E-state index contributed by atoms with van der Waals surface area (Å²) in [7, 11) is 0. The van der Waals surface area contributed by atoms with Crippen molar-refractivity contribution in [1.82, 2.24) is 0 Å². The molecule has 1 aliphatic heterocycles. The van der Waals surface area contributed by atoms with Crippen LogP contribution in [-0.2, 0) is 11.2 Å². The number of nitrogens with zero attached hydrogens (tertiary/aromatic N) is 1. The van der Waals surface area contributed by atoms with Gasteiger partial charge in [-0.15, -0.1) is 0 Å². The number of hydrogen-bond donors (Lipinski definition) is 1. The minimum atomic E-state index is -0.0159. The van der Waals surface area contributed by atoms with Crippen molar-refractivity contribution in [3.63, 3.8) is 0 Å². The Morgan fingerprint density at radius 1 is 1.00 bits per heavy atom. The Bertz CT molecular complexity index is 719. The first-order chi connectivity index (χ1) is 11.3. The van der Waals surface area contributed by atoms with E-state index in [0.29, 0.717) is 0 Å². The molecule has 1 aliphatic carbocycles. The predicted octanol–water partition coefficient (Wildman–Crippen LogP) is 3.96. The van der Waals surface area contributed by atoms with E-state index in [9.17, 15) is 4.79 Å². The van der Waals surface area contributed by atoms with Gasteiger partial charge < -0.3 is 10.2 Å². The number of fused-ring (bicyclic) bond motifs is 1. The number of hydrogen-bond acceptors (Lipinski definition) is 2. The molecule has 3 nitrogen and oxygen atoms in total. The fourth-order valence-electron chi connectivity index (χ4n) is 3.86. The molecule has 23 heavy (non-hydrogen) atoms. The molecule has 1 N–H and O–H groups in total. The van der Waals surface area contributed by atoms with Crippen LogP contribution in [0.5, 0.6) is 0 Å². The van der Waals surface area contributed by atoms with Gasteiger partial charge >= 0.3 is 0 Å². The molecular weight excluding hydrogens is 284 g/mol. The zero-order valence-corrected chi connectivity index (χ0v) is 13.3. The van der Waals surface area contributed by atoms with Crippen molar-refractivity contribution in [3.8, 4) is 0 Å². The molecule has 0 saturated carbocycles. The number of amides is 1. The van der Waals surface area contributed by atoms with Crippen molar-refractivity contribution in [2.24, 2.45) is 0 Å². The van der Waals surface area contributed by atoms with Gasteiger partial charge in [-0.2, -0.15) is 0 Å². The summed E-state index contributed by atoms with van der Waals surface area (Å²) in [5, 5.41) is 3.19. The third-order valence-corrected chi connectivity index (χ3v) is 5.06. The second kappa shape index (κ2) is 6.07. The minimum Gasteiger partial charge on any atom is -0.370 e. The van der Waals surface area contributed by atoms with E-state index in [1.807, 2.05) is 24.3 Å². The minimum absolute atomic E-state index is 0.0159. The lowest BCUT2D eigenvalue weighted by atomic mass is 10.0. The maximum atomic E-state index is 12.8. The SMILES string of the molecule is O=C(Nc1ccccc1N1CCCC1)[C@@H]1CCc2ccccc21. The van der Waals surface area contributed by atoms with Gasteiger partial charge in [0.25, 0.3) is 0 Å². The lowest BCUT2D eigenvalue weighted by Crippen LogP contribution is -2.23. The highest BCUT2D eigenvalue weighted by Crippen LogP contribution is 2.35. The molecule has 1 heterocycles. The maximum absolute atomic E-state index is 12.8. The highest BCUT2D eigenvalue weighted by Gasteiger charge is 2.28. The van der Waals surface area contributed by atoms with Gasteiger partial charge in [0.1, 0.15) is 0 Å². The molecule has 0 radical (unpaired) electrons. The molecule has 1 fully saturated rings.